The third-order valence-corrected chi connectivity index (χ3v) is 1.88. The molecule has 3 nitrogen and oxygen atoms in total. The summed E-state index contributed by atoms with van der Waals surface area (Å²) < 4.78 is 7.95. The monoisotopic (exact) mass is 169 g/mol. The second-order valence-electron chi connectivity index (χ2n) is 2.30. The fraction of sp³-hybridized carbons (Fsp3) is 0.429. The maximum Gasteiger partial charge on any atom is 0.0880 e. The first kappa shape index (κ1) is 8.36. The molecule has 60 valence electrons. The molecule has 0 saturated carbocycles. The third kappa shape index (κ3) is 2.78. The Morgan fingerprint density at radius 2 is 2.73 bits per heavy atom. The highest BCUT2D eigenvalue weighted by atomic mass is 32.1. The van der Waals surface area contributed by atoms with Crippen molar-refractivity contribution in [1.82, 2.24) is 14.1 Å². The molecule has 1 atom stereocenters. The van der Waals surface area contributed by atoms with Crippen LogP contribution in [0, 0.1) is 0 Å². The van der Waals surface area contributed by atoms with Crippen molar-refractivity contribution < 1.29 is 0 Å². The standard InChI is InChI=1S/C7H11N3S/c1-3-6(2)8-4-7-5-9-11-10-7/h3,5-6,8H,1,4H2,2H3. The quantitative estimate of drug-likeness (QED) is 0.688. The van der Waals surface area contributed by atoms with Gasteiger partial charge in [0.15, 0.2) is 0 Å². The van der Waals surface area contributed by atoms with Crippen LogP contribution in [0.2, 0.25) is 0 Å². The van der Waals surface area contributed by atoms with Crippen LogP contribution in [0.5, 0.6) is 0 Å². The molecule has 0 aliphatic heterocycles. The van der Waals surface area contributed by atoms with Crippen molar-refractivity contribution in [2.45, 2.75) is 19.5 Å². The zero-order chi connectivity index (χ0) is 8.10. The molecule has 0 radical (unpaired) electrons. The molecule has 1 rings (SSSR count). The Hall–Kier alpha value is -0.740. The molecule has 0 amide bonds. The second kappa shape index (κ2) is 4.20. The Labute approximate surface area is 70.5 Å². The maximum atomic E-state index is 4.06. The Morgan fingerprint density at radius 1 is 1.91 bits per heavy atom. The van der Waals surface area contributed by atoms with Gasteiger partial charge in [-0.15, -0.1) is 6.58 Å². The Balaban J connectivity index is 2.28. The lowest BCUT2D eigenvalue weighted by Gasteiger charge is -2.05. The van der Waals surface area contributed by atoms with Crippen molar-refractivity contribution in [3.05, 3.63) is 24.5 Å². The van der Waals surface area contributed by atoms with E-state index in [2.05, 4.69) is 20.6 Å². The summed E-state index contributed by atoms with van der Waals surface area (Å²) in [5.74, 6) is 0. The van der Waals surface area contributed by atoms with Crippen LogP contribution < -0.4 is 5.32 Å². The molecule has 0 aromatic carbocycles. The highest BCUT2D eigenvalue weighted by Gasteiger charge is 1.97. The molecule has 0 saturated heterocycles. The predicted molar refractivity (Wildman–Crippen MR) is 46.4 cm³/mol. The van der Waals surface area contributed by atoms with Crippen LogP contribution in [-0.4, -0.2) is 14.8 Å². The molecule has 4 heteroatoms. The van der Waals surface area contributed by atoms with Gasteiger partial charge in [-0.1, -0.05) is 6.08 Å². The summed E-state index contributed by atoms with van der Waals surface area (Å²) >= 11 is 1.23. The summed E-state index contributed by atoms with van der Waals surface area (Å²) in [5.41, 5.74) is 0.990. The molecule has 11 heavy (non-hydrogen) atoms. The zero-order valence-electron chi connectivity index (χ0n) is 6.45. The van der Waals surface area contributed by atoms with Gasteiger partial charge in [-0.05, 0) is 6.92 Å². The van der Waals surface area contributed by atoms with Crippen molar-refractivity contribution in [2.75, 3.05) is 0 Å². The molecule has 1 heterocycles. The molecule has 0 fully saturated rings. The van der Waals surface area contributed by atoms with E-state index >= 15 is 0 Å². The Kier molecular flexibility index (Phi) is 3.19. The highest BCUT2D eigenvalue weighted by Crippen LogP contribution is 1.94. The second-order valence-corrected chi connectivity index (χ2v) is 2.86. The van der Waals surface area contributed by atoms with Crippen molar-refractivity contribution in [2.24, 2.45) is 0 Å². The minimum Gasteiger partial charge on any atom is -0.305 e. The van der Waals surface area contributed by atoms with E-state index in [-0.39, 0.29) is 0 Å². The van der Waals surface area contributed by atoms with Crippen LogP contribution in [0.15, 0.2) is 18.9 Å². The summed E-state index contributed by atoms with van der Waals surface area (Å²) in [6.45, 7) is 6.48. The van der Waals surface area contributed by atoms with Crippen LogP contribution in [0.25, 0.3) is 0 Å². The van der Waals surface area contributed by atoms with Crippen molar-refractivity contribution in [1.29, 1.82) is 0 Å². The predicted octanol–water partition coefficient (Wildman–Crippen LogP) is 1.20. The first-order valence-corrected chi connectivity index (χ1v) is 4.18. The average Bonchev–Trinajstić information content (AvgIpc) is 2.52. The van der Waals surface area contributed by atoms with Gasteiger partial charge in [0.05, 0.1) is 23.6 Å². The van der Waals surface area contributed by atoms with Gasteiger partial charge >= 0.3 is 0 Å². The third-order valence-electron chi connectivity index (χ3n) is 1.37. The van der Waals surface area contributed by atoms with Gasteiger partial charge < -0.3 is 5.32 Å². The van der Waals surface area contributed by atoms with Crippen LogP contribution in [0.1, 0.15) is 12.6 Å². The van der Waals surface area contributed by atoms with Crippen molar-refractivity contribution in [3.63, 3.8) is 0 Å². The summed E-state index contributed by atoms with van der Waals surface area (Å²) in [7, 11) is 0. The molecule has 0 bridgehead atoms. The van der Waals surface area contributed by atoms with Gasteiger partial charge in [0, 0.05) is 12.6 Å². The van der Waals surface area contributed by atoms with Crippen molar-refractivity contribution in [3.8, 4) is 0 Å². The largest absolute Gasteiger partial charge is 0.305 e. The molecular weight excluding hydrogens is 158 g/mol. The normalized spacial score (nSPS) is 12.8. The lowest BCUT2D eigenvalue weighted by atomic mass is 10.3. The van der Waals surface area contributed by atoms with Crippen LogP contribution >= 0.6 is 11.7 Å². The lowest BCUT2D eigenvalue weighted by molar-refractivity contribution is 0.627. The van der Waals surface area contributed by atoms with Gasteiger partial charge in [-0.25, -0.2) is 0 Å². The first-order valence-electron chi connectivity index (χ1n) is 3.45. The van der Waals surface area contributed by atoms with Crippen LogP contribution in [-0.2, 0) is 6.54 Å². The van der Waals surface area contributed by atoms with E-state index in [4.69, 9.17) is 0 Å². The number of nitrogens with zero attached hydrogens (tertiary/aromatic N) is 2. The van der Waals surface area contributed by atoms with Gasteiger partial charge in [0.1, 0.15) is 0 Å². The van der Waals surface area contributed by atoms with E-state index in [1.54, 1.807) is 6.20 Å². The number of hydrogen-bond acceptors (Lipinski definition) is 4. The summed E-state index contributed by atoms with van der Waals surface area (Å²) in [5, 5.41) is 3.22. The minimum atomic E-state index is 0.330. The van der Waals surface area contributed by atoms with Gasteiger partial charge in [0.25, 0.3) is 0 Å². The molecule has 0 aliphatic rings. The van der Waals surface area contributed by atoms with Crippen LogP contribution in [0.3, 0.4) is 0 Å². The number of hydrogen-bond donors (Lipinski definition) is 1. The maximum absolute atomic E-state index is 4.06. The average molecular weight is 169 g/mol. The lowest BCUT2D eigenvalue weighted by Crippen LogP contribution is -2.22. The fourth-order valence-corrected chi connectivity index (χ4v) is 1.04. The molecule has 1 aromatic heterocycles. The number of aromatic nitrogens is 2. The van der Waals surface area contributed by atoms with E-state index < -0.39 is 0 Å². The Bertz CT molecular complexity index is 207. The molecular formula is C7H11N3S. The summed E-state index contributed by atoms with van der Waals surface area (Å²) in [6.07, 6.45) is 3.63. The SMILES string of the molecule is C=CC(C)NCc1cnsn1. The van der Waals surface area contributed by atoms with E-state index in [0.717, 1.165) is 12.2 Å². The first-order chi connectivity index (χ1) is 5.33. The zero-order valence-corrected chi connectivity index (χ0v) is 7.27. The molecule has 0 spiro atoms. The number of nitrogens with one attached hydrogen (secondary N) is 1. The summed E-state index contributed by atoms with van der Waals surface area (Å²) in [4.78, 5) is 0. The van der Waals surface area contributed by atoms with Crippen LogP contribution in [0.4, 0.5) is 0 Å². The van der Waals surface area contributed by atoms with E-state index in [1.807, 2.05) is 13.0 Å². The topological polar surface area (TPSA) is 37.8 Å². The Morgan fingerprint density at radius 3 is 3.27 bits per heavy atom. The van der Waals surface area contributed by atoms with E-state index in [0.29, 0.717) is 6.04 Å². The van der Waals surface area contributed by atoms with Crippen molar-refractivity contribution >= 4 is 11.7 Å². The smallest absolute Gasteiger partial charge is 0.0880 e. The van der Waals surface area contributed by atoms with Gasteiger partial charge in [-0.2, -0.15) is 8.75 Å². The molecule has 1 aromatic rings. The summed E-state index contributed by atoms with van der Waals surface area (Å²) in [6, 6.07) is 0.330. The molecule has 1 N–H and O–H groups in total. The van der Waals surface area contributed by atoms with E-state index in [9.17, 15) is 0 Å². The van der Waals surface area contributed by atoms with E-state index in [1.165, 1.54) is 11.7 Å². The molecule has 1 unspecified atom stereocenters. The van der Waals surface area contributed by atoms with Gasteiger partial charge in [-0.3, -0.25) is 0 Å². The number of rotatable bonds is 4. The fourth-order valence-electron chi connectivity index (χ4n) is 0.611. The highest BCUT2D eigenvalue weighted by molar-refractivity contribution is 6.99. The molecule has 0 aliphatic carbocycles. The minimum absolute atomic E-state index is 0.330. The van der Waals surface area contributed by atoms with Gasteiger partial charge in [0.2, 0.25) is 0 Å².